The molecular formula is C12H7ClN4O2. The molecule has 0 unspecified atom stereocenters. The molecule has 0 aliphatic carbocycles. The van der Waals surface area contributed by atoms with E-state index in [1.165, 1.54) is 16.9 Å². The van der Waals surface area contributed by atoms with Gasteiger partial charge in [0.15, 0.2) is 5.69 Å². The average Bonchev–Trinajstić information content (AvgIpc) is 2.82. The van der Waals surface area contributed by atoms with Crippen molar-refractivity contribution in [1.29, 1.82) is 0 Å². The van der Waals surface area contributed by atoms with E-state index in [1.54, 1.807) is 18.2 Å². The third-order valence-electron chi connectivity index (χ3n) is 2.64. The molecule has 3 aromatic rings. The molecule has 0 aliphatic rings. The van der Waals surface area contributed by atoms with Crippen LogP contribution in [0.1, 0.15) is 0 Å². The molecule has 0 amide bonds. The standard InChI is InChI=1S/C12H7ClN4O2/c13-8-5-6-11(12(7-8)17(18)19)16-14-9-3-1-2-4-10(9)15-16/h1-7H. The van der Waals surface area contributed by atoms with Crippen molar-refractivity contribution in [1.82, 2.24) is 15.0 Å². The van der Waals surface area contributed by atoms with Gasteiger partial charge in [0.05, 0.1) is 4.92 Å². The lowest BCUT2D eigenvalue weighted by molar-refractivity contribution is -0.384. The van der Waals surface area contributed by atoms with E-state index in [2.05, 4.69) is 10.2 Å². The summed E-state index contributed by atoms with van der Waals surface area (Å²) in [7, 11) is 0. The van der Waals surface area contributed by atoms with Crippen LogP contribution in [-0.4, -0.2) is 19.9 Å². The fourth-order valence-corrected chi connectivity index (χ4v) is 1.95. The van der Waals surface area contributed by atoms with Crippen molar-refractivity contribution in [3.63, 3.8) is 0 Å². The normalized spacial score (nSPS) is 10.8. The molecule has 0 N–H and O–H groups in total. The lowest BCUT2D eigenvalue weighted by Gasteiger charge is -2.01. The Kier molecular flexibility index (Phi) is 2.64. The summed E-state index contributed by atoms with van der Waals surface area (Å²) in [6.07, 6.45) is 0. The van der Waals surface area contributed by atoms with Gasteiger partial charge in [-0.25, -0.2) is 0 Å². The Bertz CT molecular complexity index is 751. The van der Waals surface area contributed by atoms with Crippen LogP contribution in [0.5, 0.6) is 0 Å². The van der Waals surface area contributed by atoms with Gasteiger partial charge >= 0.3 is 0 Å². The first-order valence-electron chi connectivity index (χ1n) is 5.41. The minimum absolute atomic E-state index is 0.132. The second-order valence-electron chi connectivity index (χ2n) is 3.87. The number of aromatic nitrogens is 3. The van der Waals surface area contributed by atoms with E-state index < -0.39 is 4.92 Å². The van der Waals surface area contributed by atoms with Crippen LogP contribution in [0.15, 0.2) is 42.5 Å². The van der Waals surface area contributed by atoms with Crippen LogP contribution in [0.25, 0.3) is 16.7 Å². The van der Waals surface area contributed by atoms with E-state index in [-0.39, 0.29) is 11.4 Å². The van der Waals surface area contributed by atoms with E-state index in [0.29, 0.717) is 16.1 Å². The number of hydrogen-bond donors (Lipinski definition) is 0. The fourth-order valence-electron chi connectivity index (χ4n) is 1.78. The summed E-state index contributed by atoms with van der Waals surface area (Å²) < 4.78 is 0. The highest BCUT2D eigenvalue weighted by Crippen LogP contribution is 2.26. The van der Waals surface area contributed by atoms with Crippen molar-refractivity contribution in [2.45, 2.75) is 0 Å². The molecule has 1 heterocycles. The highest BCUT2D eigenvalue weighted by atomic mass is 35.5. The predicted octanol–water partition coefficient (Wildman–Crippen LogP) is 2.98. The second kappa shape index (κ2) is 4.33. The number of nitro benzene ring substituents is 1. The molecule has 3 rings (SSSR count). The summed E-state index contributed by atoms with van der Waals surface area (Å²) in [5.41, 5.74) is 1.50. The molecule has 0 spiro atoms. The Balaban J connectivity index is 2.23. The Labute approximate surface area is 112 Å². The van der Waals surface area contributed by atoms with Gasteiger partial charge in [-0.2, -0.15) is 0 Å². The van der Waals surface area contributed by atoms with Crippen LogP contribution in [0, 0.1) is 10.1 Å². The minimum Gasteiger partial charge on any atom is -0.258 e. The molecular weight excluding hydrogens is 268 g/mol. The summed E-state index contributed by atoms with van der Waals surface area (Å²) in [4.78, 5) is 11.8. The third kappa shape index (κ3) is 2.02. The molecule has 2 aromatic carbocycles. The van der Waals surface area contributed by atoms with Gasteiger partial charge in [-0.05, 0) is 24.3 Å². The fraction of sp³-hybridized carbons (Fsp3) is 0. The minimum atomic E-state index is -0.505. The number of rotatable bonds is 2. The summed E-state index contributed by atoms with van der Waals surface area (Å²) >= 11 is 5.77. The molecule has 0 fully saturated rings. The number of hydrogen-bond acceptors (Lipinski definition) is 4. The van der Waals surface area contributed by atoms with Gasteiger partial charge in [0.2, 0.25) is 0 Å². The summed E-state index contributed by atoms with van der Waals surface area (Å²) in [6, 6.07) is 11.6. The Hall–Kier alpha value is -2.47. The Morgan fingerprint density at radius 1 is 1.11 bits per heavy atom. The molecule has 0 aliphatic heterocycles. The molecule has 0 bridgehead atoms. The van der Waals surface area contributed by atoms with Crippen molar-refractivity contribution in [2.24, 2.45) is 0 Å². The van der Waals surface area contributed by atoms with E-state index in [1.807, 2.05) is 12.1 Å². The number of benzene rings is 2. The lowest BCUT2D eigenvalue weighted by Crippen LogP contribution is -2.03. The number of halogens is 1. The molecule has 94 valence electrons. The van der Waals surface area contributed by atoms with Gasteiger partial charge in [0.1, 0.15) is 11.0 Å². The number of fused-ring (bicyclic) bond motifs is 1. The molecule has 0 saturated heterocycles. The van der Waals surface area contributed by atoms with Gasteiger partial charge in [-0.1, -0.05) is 23.7 Å². The van der Waals surface area contributed by atoms with Crippen molar-refractivity contribution in [2.75, 3.05) is 0 Å². The van der Waals surface area contributed by atoms with E-state index in [4.69, 9.17) is 11.6 Å². The van der Waals surface area contributed by atoms with Crippen LogP contribution >= 0.6 is 11.6 Å². The highest BCUT2D eigenvalue weighted by Gasteiger charge is 2.18. The van der Waals surface area contributed by atoms with Crippen LogP contribution in [0.2, 0.25) is 5.02 Å². The van der Waals surface area contributed by atoms with Gasteiger partial charge in [0, 0.05) is 11.1 Å². The van der Waals surface area contributed by atoms with Crippen LogP contribution in [-0.2, 0) is 0 Å². The molecule has 0 radical (unpaired) electrons. The summed E-state index contributed by atoms with van der Waals surface area (Å²) in [5.74, 6) is 0. The second-order valence-corrected chi connectivity index (χ2v) is 4.30. The molecule has 0 atom stereocenters. The van der Waals surface area contributed by atoms with Crippen LogP contribution < -0.4 is 0 Å². The molecule has 1 aromatic heterocycles. The average molecular weight is 275 g/mol. The first-order valence-corrected chi connectivity index (χ1v) is 5.79. The third-order valence-corrected chi connectivity index (χ3v) is 2.87. The topological polar surface area (TPSA) is 73.8 Å². The van der Waals surface area contributed by atoms with Gasteiger partial charge in [-0.15, -0.1) is 15.0 Å². The molecule has 19 heavy (non-hydrogen) atoms. The van der Waals surface area contributed by atoms with Crippen molar-refractivity contribution in [3.05, 3.63) is 57.6 Å². The van der Waals surface area contributed by atoms with Gasteiger partial charge < -0.3 is 0 Å². The van der Waals surface area contributed by atoms with Gasteiger partial charge in [0.25, 0.3) is 5.69 Å². The largest absolute Gasteiger partial charge is 0.298 e. The van der Waals surface area contributed by atoms with E-state index in [0.717, 1.165) is 0 Å². The molecule has 6 nitrogen and oxygen atoms in total. The van der Waals surface area contributed by atoms with E-state index in [9.17, 15) is 10.1 Å². The maximum atomic E-state index is 11.0. The quantitative estimate of drug-likeness (QED) is 0.532. The molecule has 7 heteroatoms. The van der Waals surface area contributed by atoms with Crippen molar-refractivity contribution >= 4 is 28.3 Å². The monoisotopic (exact) mass is 274 g/mol. The Morgan fingerprint density at radius 2 is 1.74 bits per heavy atom. The van der Waals surface area contributed by atoms with Gasteiger partial charge in [-0.3, -0.25) is 10.1 Å². The maximum Gasteiger partial charge on any atom is 0.298 e. The smallest absolute Gasteiger partial charge is 0.258 e. The zero-order valence-electron chi connectivity index (χ0n) is 9.52. The highest BCUT2D eigenvalue weighted by molar-refractivity contribution is 6.30. The van der Waals surface area contributed by atoms with Crippen molar-refractivity contribution < 1.29 is 4.92 Å². The zero-order valence-corrected chi connectivity index (χ0v) is 10.3. The SMILES string of the molecule is O=[N+]([O-])c1cc(Cl)ccc1-n1nc2ccccc2n1. The molecule has 0 saturated carbocycles. The Morgan fingerprint density at radius 3 is 2.32 bits per heavy atom. The number of nitrogens with zero attached hydrogens (tertiary/aromatic N) is 4. The zero-order chi connectivity index (χ0) is 13.4. The number of nitro groups is 1. The van der Waals surface area contributed by atoms with Crippen LogP contribution in [0.3, 0.4) is 0 Å². The first-order chi connectivity index (χ1) is 9.15. The van der Waals surface area contributed by atoms with Crippen LogP contribution in [0.4, 0.5) is 5.69 Å². The van der Waals surface area contributed by atoms with E-state index >= 15 is 0 Å². The summed E-state index contributed by atoms with van der Waals surface area (Å²) in [5, 5.41) is 19.8. The first kappa shape index (κ1) is 11.6. The summed E-state index contributed by atoms with van der Waals surface area (Å²) in [6.45, 7) is 0. The predicted molar refractivity (Wildman–Crippen MR) is 70.5 cm³/mol. The maximum absolute atomic E-state index is 11.0. The lowest BCUT2D eigenvalue weighted by atomic mass is 10.3. The van der Waals surface area contributed by atoms with Crippen molar-refractivity contribution in [3.8, 4) is 5.69 Å².